The van der Waals surface area contributed by atoms with Crippen LogP contribution in [0.3, 0.4) is 0 Å². The maximum Gasteiger partial charge on any atom is 0.338 e. The number of aryl methyl sites for hydroxylation is 1. The molecule has 2 heterocycles. The number of aromatic nitrogens is 1. The Bertz CT molecular complexity index is 608. The molecule has 0 aromatic carbocycles. The molecule has 1 aliphatic heterocycles. The third-order valence-electron chi connectivity index (χ3n) is 3.33. The highest BCUT2D eigenvalue weighted by molar-refractivity contribution is 6.16. The maximum absolute atomic E-state index is 11.9. The molecule has 0 radical (unpaired) electrons. The zero-order valence-electron chi connectivity index (χ0n) is 12.4. The van der Waals surface area contributed by atoms with Gasteiger partial charge in [-0.15, -0.1) is 0 Å². The van der Waals surface area contributed by atoms with E-state index in [1.807, 2.05) is 20.8 Å². The van der Waals surface area contributed by atoms with Crippen molar-refractivity contribution in [1.82, 2.24) is 10.3 Å². The molecular formula is C15H19N3O3. The van der Waals surface area contributed by atoms with Crippen LogP contribution < -0.4 is 5.32 Å². The van der Waals surface area contributed by atoms with Gasteiger partial charge in [0.1, 0.15) is 11.7 Å². The van der Waals surface area contributed by atoms with Crippen molar-refractivity contribution < 1.29 is 14.7 Å². The van der Waals surface area contributed by atoms with Gasteiger partial charge in [0.2, 0.25) is 5.91 Å². The van der Waals surface area contributed by atoms with Gasteiger partial charge in [-0.2, -0.15) is 0 Å². The van der Waals surface area contributed by atoms with E-state index in [9.17, 15) is 14.7 Å². The van der Waals surface area contributed by atoms with Crippen molar-refractivity contribution in [3.63, 3.8) is 0 Å². The summed E-state index contributed by atoms with van der Waals surface area (Å²) >= 11 is 0. The van der Waals surface area contributed by atoms with Gasteiger partial charge in [-0.05, 0) is 30.4 Å². The van der Waals surface area contributed by atoms with E-state index in [0.717, 1.165) is 5.56 Å². The maximum atomic E-state index is 11.9. The van der Waals surface area contributed by atoms with Crippen molar-refractivity contribution in [1.29, 1.82) is 0 Å². The molecule has 0 saturated carbocycles. The Labute approximate surface area is 123 Å². The van der Waals surface area contributed by atoms with E-state index < -0.39 is 12.0 Å². The second-order valence-corrected chi connectivity index (χ2v) is 5.51. The molecule has 21 heavy (non-hydrogen) atoms. The predicted molar refractivity (Wildman–Crippen MR) is 78.5 cm³/mol. The number of amides is 1. The summed E-state index contributed by atoms with van der Waals surface area (Å²) in [6.45, 7) is 5.95. The summed E-state index contributed by atoms with van der Waals surface area (Å²) in [5.74, 6) is -0.683. The minimum absolute atomic E-state index is 0.0681. The average molecular weight is 289 g/mol. The normalized spacial score (nSPS) is 17.8. The summed E-state index contributed by atoms with van der Waals surface area (Å²) in [7, 11) is 0. The Kier molecular flexibility index (Phi) is 4.35. The summed E-state index contributed by atoms with van der Waals surface area (Å²) < 4.78 is 0. The fourth-order valence-corrected chi connectivity index (χ4v) is 2.23. The van der Waals surface area contributed by atoms with Gasteiger partial charge in [-0.1, -0.05) is 20.8 Å². The number of pyridine rings is 1. The third kappa shape index (κ3) is 3.26. The Morgan fingerprint density at radius 2 is 2.19 bits per heavy atom. The summed E-state index contributed by atoms with van der Waals surface area (Å²) in [6.07, 6.45) is 2.94. The summed E-state index contributed by atoms with van der Waals surface area (Å²) in [5.41, 5.74) is 1.12. The van der Waals surface area contributed by atoms with Gasteiger partial charge in [0.25, 0.3) is 0 Å². The van der Waals surface area contributed by atoms with E-state index in [1.165, 1.54) is 0 Å². The molecule has 0 saturated heterocycles. The van der Waals surface area contributed by atoms with Gasteiger partial charge >= 0.3 is 5.97 Å². The second-order valence-electron chi connectivity index (χ2n) is 5.51. The van der Waals surface area contributed by atoms with Crippen molar-refractivity contribution in [3.05, 3.63) is 29.1 Å². The van der Waals surface area contributed by atoms with Gasteiger partial charge in [-0.25, -0.2) is 4.79 Å². The number of rotatable bonds is 5. The number of hydrogen-bond acceptors (Lipinski definition) is 4. The van der Waals surface area contributed by atoms with Gasteiger partial charge in [-0.3, -0.25) is 14.8 Å². The molecule has 0 bridgehead atoms. The Hall–Kier alpha value is -2.24. The van der Waals surface area contributed by atoms with Crippen molar-refractivity contribution in [2.75, 3.05) is 0 Å². The van der Waals surface area contributed by atoms with Gasteiger partial charge in [0.15, 0.2) is 5.84 Å². The van der Waals surface area contributed by atoms with Gasteiger partial charge in [0.05, 0.1) is 5.56 Å². The van der Waals surface area contributed by atoms with E-state index in [4.69, 9.17) is 0 Å². The highest BCUT2D eigenvalue weighted by Crippen LogP contribution is 2.17. The molecule has 1 atom stereocenters. The zero-order chi connectivity index (χ0) is 15.6. The van der Waals surface area contributed by atoms with E-state index in [-0.39, 0.29) is 23.0 Å². The van der Waals surface area contributed by atoms with Crippen LogP contribution in [0.1, 0.15) is 48.8 Å². The van der Waals surface area contributed by atoms with Crippen molar-refractivity contribution in [2.24, 2.45) is 10.9 Å². The number of carbonyl (C=O) groups excluding carboxylic acids is 1. The van der Waals surface area contributed by atoms with Crippen LogP contribution in [0.4, 0.5) is 0 Å². The van der Waals surface area contributed by atoms with E-state index in [1.54, 1.807) is 12.3 Å². The monoisotopic (exact) mass is 289 g/mol. The lowest BCUT2D eigenvalue weighted by molar-refractivity contribution is -0.120. The standard InChI is InChI=1S/C15H19N3O3/c1-4-9-6-10(15(20)21)12(16-7-9)13-17-11(5-8(2)3)14(19)18-13/h6-8,11H,4-5H2,1-3H3,(H,20,21)(H,17,18,19). The van der Waals surface area contributed by atoms with E-state index in [0.29, 0.717) is 18.8 Å². The molecule has 6 heteroatoms. The predicted octanol–water partition coefficient (Wildman–Crippen LogP) is 1.63. The van der Waals surface area contributed by atoms with Gasteiger partial charge < -0.3 is 10.4 Å². The summed E-state index contributed by atoms with van der Waals surface area (Å²) in [5, 5.41) is 12.0. The van der Waals surface area contributed by atoms with Crippen LogP contribution in [-0.4, -0.2) is 33.8 Å². The molecule has 0 spiro atoms. The molecule has 1 unspecified atom stereocenters. The van der Waals surface area contributed by atoms with Crippen LogP contribution in [0.2, 0.25) is 0 Å². The highest BCUT2D eigenvalue weighted by Gasteiger charge is 2.30. The lowest BCUT2D eigenvalue weighted by Gasteiger charge is -2.06. The SMILES string of the molecule is CCc1cnc(C2=NC(CC(C)C)C(=O)N2)c(C(=O)O)c1. The first-order valence-corrected chi connectivity index (χ1v) is 7.03. The first kappa shape index (κ1) is 15.2. The van der Waals surface area contributed by atoms with E-state index in [2.05, 4.69) is 15.3 Å². The Morgan fingerprint density at radius 3 is 2.76 bits per heavy atom. The molecule has 1 aromatic rings. The molecule has 0 fully saturated rings. The number of carbonyl (C=O) groups is 2. The number of carboxylic acids is 1. The molecule has 112 valence electrons. The second kappa shape index (κ2) is 6.03. The first-order valence-electron chi connectivity index (χ1n) is 7.03. The Morgan fingerprint density at radius 1 is 1.48 bits per heavy atom. The fraction of sp³-hybridized carbons (Fsp3) is 0.467. The van der Waals surface area contributed by atoms with Crippen molar-refractivity contribution >= 4 is 17.7 Å². The lowest BCUT2D eigenvalue weighted by Crippen LogP contribution is -2.31. The van der Waals surface area contributed by atoms with Crippen molar-refractivity contribution in [2.45, 2.75) is 39.7 Å². The fourth-order valence-electron chi connectivity index (χ4n) is 2.23. The largest absolute Gasteiger partial charge is 0.478 e. The molecule has 0 aliphatic carbocycles. The molecule has 6 nitrogen and oxygen atoms in total. The molecule has 1 amide bonds. The number of nitrogens with zero attached hydrogens (tertiary/aromatic N) is 2. The molecular weight excluding hydrogens is 270 g/mol. The minimum atomic E-state index is -1.07. The van der Waals surface area contributed by atoms with Crippen LogP contribution in [-0.2, 0) is 11.2 Å². The van der Waals surface area contributed by atoms with Crippen LogP contribution in [0.5, 0.6) is 0 Å². The summed E-state index contributed by atoms with van der Waals surface area (Å²) in [4.78, 5) is 31.8. The number of hydrogen-bond donors (Lipinski definition) is 2. The number of nitrogens with one attached hydrogen (secondary N) is 1. The Balaban J connectivity index is 2.38. The van der Waals surface area contributed by atoms with Crippen molar-refractivity contribution in [3.8, 4) is 0 Å². The zero-order valence-corrected chi connectivity index (χ0v) is 12.4. The molecule has 1 aromatic heterocycles. The summed E-state index contributed by atoms with van der Waals surface area (Å²) in [6, 6.07) is 1.11. The molecule has 2 rings (SSSR count). The number of amidine groups is 1. The highest BCUT2D eigenvalue weighted by atomic mass is 16.4. The first-order chi connectivity index (χ1) is 9.92. The van der Waals surface area contributed by atoms with Crippen LogP contribution in [0.25, 0.3) is 0 Å². The minimum Gasteiger partial charge on any atom is -0.478 e. The van der Waals surface area contributed by atoms with Crippen LogP contribution >= 0.6 is 0 Å². The molecule has 2 N–H and O–H groups in total. The lowest BCUT2D eigenvalue weighted by atomic mass is 10.0. The quantitative estimate of drug-likeness (QED) is 0.861. The number of aromatic carboxylic acids is 1. The topological polar surface area (TPSA) is 91.7 Å². The van der Waals surface area contributed by atoms with Crippen LogP contribution in [0.15, 0.2) is 17.3 Å². The molecule has 1 aliphatic rings. The smallest absolute Gasteiger partial charge is 0.338 e. The number of aliphatic imine (C=N–C) groups is 1. The third-order valence-corrected chi connectivity index (χ3v) is 3.33. The number of carboxylic acid groups (broad SMARTS) is 1. The average Bonchev–Trinajstić information content (AvgIpc) is 2.78. The van der Waals surface area contributed by atoms with Gasteiger partial charge in [0, 0.05) is 6.20 Å². The van der Waals surface area contributed by atoms with E-state index >= 15 is 0 Å². The van der Waals surface area contributed by atoms with Crippen LogP contribution in [0, 0.1) is 5.92 Å².